The first-order valence-corrected chi connectivity index (χ1v) is 10.0. The van der Waals surface area contributed by atoms with Gasteiger partial charge in [0.05, 0.1) is 22.0 Å². The Morgan fingerprint density at radius 1 is 0.969 bits per heavy atom. The van der Waals surface area contributed by atoms with Gasteiger partial charge >= 0.3 is 6.11 Å². The van der Waals surface area contributed by atoms with E-state index in [0.29, 0.717) is 29.3 Å². The minimum absolute atomic E-state index is 0.357. The van der Waals surface area contributed by atoms with Gasteiger partial charge in [0.15, 0.2) is 17.5 Å². The molecular weight excluding hydrogens is 449 g/mol. The molecule has 0 saturated carbocycles. The topological polar surface area (TPSA) is 31.4 Å². The Kier molecular flexibility index (Phi) is 5.84. The summed E-state index contributed by atoms with van der Waals surface area (Å²) in [6, 6.07) is 11.5. The van der Waals surface area contributed by atoms with Crippen molar-refractivity contribution in [1.29, 1.82) is 0 Å². The van der Waals surface area contributed by atoms with E-state index in [4.69, 9.17) is 4.74 Å². The second kappa shape index (κ2) is 8.58. The maximum Gasteiger partial charge on any atom is 0.426 e. The minimum atomic E-state index is -3.90. The van der Waals surface area contributed by atoms with Crippen LogP contribution in [-0.2, 0) is 17.5 Å². The molecule has 3 aromatic carbocycles. The molecule has 0 spiro atoms. The lowest BCUT2D eigenvalue weighted by atomic mass is 10.1. The van der Waals surface area contributed by atoms with Crippen LogP contribution < -0.4 is 4.74 Å². The van der Waals surface area contributed by atoms with Gasteiger partial charge in [-0.3, -0.25) is 0 Å². The number of rotatable bonds is 7. The lowest BCUT2D eigenvalue weighted by Crippen LogP contribution is -2.22. The highest BCUT2D eigenvalue weighted by Gasteiger charge is 2.35. The molecule has 9 heteroatoms. The number of hydrogen-bond acceptors (Lipinski definition) is 4. The van der Waals surface area contributed by atoms with Gasteiger partial charge < -0.3 is 9.47 Å². The first-order valence-electron chi connectivity index (χ1n) is 9.21. The average molecular weight is 463 g/mol. The number of fused-ring (bicyclic) bond motifs is 1. The first kappa shape index (κ1) is 21.8. The maximum absolute atomic E-state index is 14.5. The molecule has 0 aliphatic rings. The summed E-state index contributed by atoms with van der Waals surface area (Å²) < 4.78 is 79.0. The van der Waals surface area contributed by atoms with Gasteiger partial charge in [0.1, 0.15) is 17.4 Å². The van der Waals surface area contributed by atoms with Gasteiger partial charge in [0, 0.05) is 17.7 Å². The van der Waals surface area contributed by atoms with Crippen LogP contribution in [0.2, 0.25) is 0 Å². The van der Waals surface area contributed by atoms with Gasteiger partial charge in [0.2, 0.25) is 0 Å². The van der Waals surface area contributed by atoms with E-state index in [1.165, 1.54) is 29.7 Å². The van der Waals surface area contributed by atoms with Gasteiger partial charge in [-0.05, 0) is 29.8 Å². The summed E-state index contributed by atoms with van der Waals surface area (Å²) in [5.41, 5.74) is 1.75. The van der Waals surface area contributed by atoms with Crippen LogP contribution in [0.5, 0.6) is 5.75 Å². The number of halogens is 5. The largest absolute Gasteiger partial charge is 0.497 e. The molecule has 0 fully saturated rings. The molecule has 0 aliphatic carbocycles. The average Bonchev–Trinajstić information content (AvgIpc) is 3.19. The second-order valence-corrected chi connectivity index (χ2v) is 7.73. The second-order valence-electron chi connectivity index (χ2n) is 6.70. The molecule has 0 aliphatic heterocycles. The fraction of sp³-hybridized carbons (Fsp3) is 0.0870. The zero-order chi connectivity index (χ0) is 22.9. The zero-order valence-corrected chi connectivity index (χ0v) is 17.1. The molecule has 1 heterocycles. The minimum Gasteiger partial charge on any atom is -0.497 e. The van der Waals surface area contributed by atoms with Crippen LogP contribution in [0.15, 0.2) is 67.4 Å². The molecule has 0 saturated heterocycles. The van der Waals surface area contributed by atoms with Gasteiger partial charge in [-0.2, -0.15) is 8.78 Å². The Labute approximate surface area is 183 Å². The molecule has 0 radical (unpaired) electrons. The third-order valence-corrected chi connectivity index (χ3v) is 5.56. The summed E-state index contributed by atoms with van der Waals surface area (Å²) in [6.07, 6.45) is -2.55. The van der Waals surface area contributed by atoms with Crippen molar-refractivity contribution in [2.24, 2.45) is 0 Å². The van der Waals surface area contributed by atoms with Crippen molar-refractivity contribution >= 4 is 21.6 Å². The van der Waals surface area contributed by atoms with E-state index in [2.05, 4.69) is 16.3 Å². The summed E-state index contributed by atoms with van der Waals surface area (Å²) >= 11 is 1.39. The molecule has 0 unspecified atom stereocenters. The van der Waals surface area contributed by atoms with E-state index in [0.717, 1.165) is 27.9 Å². The standard InChI is InChI=1S/C23H14F5NO2S/c1-2-30-12-13-3-8-19-20(9-13)32-22(29-19)14-4-6-15(7-5-14)23(27,28)31-16-10-17(24)21(26)18(25)11-16/h2-11H,1,12H2. The summed E-state index contributed by atoms with van der Waals surface area (Å²) in [5, 5.41) is 0.625. The zero-order valence-electron chi connectivity index (χ0n) is 16.2. The quantitative estimate of drug-likeness (QED) is 0.165. The Balaban J connectivity index is 1.56. The van der Waals surface area contributed by atoms with Crippen LogP contribution in [0.3, 0.4) is 0 Å². The van der Waals surface area contributed by atoms with E-state index in [-0.39, 0.29) is 0 Å². The monoisotopic (exact) mass is 463 g/mol. The van der Waals surface area contributed by atoms with E-state index >= 15 is 0 Å². The summed E-state index contributed by atoms with van der Waals surface area (Å²) in [4.78, 5) is 4.51. The summed E-state index contributed by atoms with van der Waals surface area (Å²) in [5.74, 6) is -5.85. The number of aromatic nitrogens is 1. The highest BCUT2D eigenvalue weighted by Crippen LogP contribution is 2.35. The number of hydrogen-bond donors (Lipinski definition) is 0. The van der Waals surface area contributed by atoms with Crippen LogP contribution in [-0.4, -0.2) is 4.98 Å². The molecule has 0 N–H and O–H groups in total. The predicted octanol–water partition coefficient (Wildman–Crippen LogP) is 7.17. The van der Waals surface area contributed by atoms with Crippen molar-refractivity contribution in [2.45, 2.75) is 12.7 Å². The first-order chi connectivity index (χ1) is 15.3. The molecule has 0 bridgehead atoms. The Bertz CT molecular complexity index is 1260. The van der Waals surface area contributed by atoms with E-state index in [1.807, 2.05) is 18.2 Å². The van der Waals surface area contributed by atoms with Crippen molar-refractivity contribution in [3.8, 4) is 16.3 Å². The van der Waals surface area contributed by atoms with Gasteiger partial charge in [-0.1, -0.05) is 24.8 Å². The molecule has 1 aromatic heterocycles. The van der Waals surface area contributed by atoms with Crippen LogP contribution in [0, 0.1) is 17.5 Å². The van der Waals surface area contributed by atoms with Crippen LogP contribution in [0.1, 0.15) is 11.1 Å². The molecule has 164 valence electrons. The number of nitrogens with zero attached hydrogens (tertiary/aromatic N) is 1. The molecule has 0 atom stereocenters. The summed E-state index contributed by atoms with van der Waals surface area (Å²) in [6.45, 7) is 3.87. The fourth-order valence-corrected chi connectivity index (χ4v) is 3.98. The van der Waals surface area contributed by atoms with Crippen molar-refractivity contribution in [3.63, 3.8) is 0 Å². The Morgan fingerprint density at radius 3 is 2.31 bits per heavy atom. The van der Waals surface area contributed by atoms with Gasteiger partial charge in [-0.25, -0.2) is 18.2 Å². The molecule has 3 nitrogen and oxygen atoms in total. The smallest absolute Gasteiger partial charge is 0.426 e. The SMILES string of the molecule is C=COCc1ccc2nc(-c3ccc(C(F)(F)Oc4cc(F)c(F)c(F)c4)cc3)sc2c1. The van der Waals surface area contributed by atoms with E-state index < -0.39 is 34.9 Å². The van der Waals surface area contributed by atoms with Crippen molar-refractivity contribution in [2.75, 3.05) is 0 Å². The predicted molar refractivity (Wildman–Crippen MR) is 111 cm³/mol. The molecule has 0 amide bonds. The molecule has 4 rings (SSSR count). The van der Waals surface area contributed by atoms with E-state index in [9.17, 15) is 22.0 Å². The van der Waals surface area contributed by atoms with Crippen molar-refractivity contribution < 1.29 is 31.4 Å². The fourth-order valence-electron chi connectivity index (χ4n) is 2.94. The normalized spacial score (nSPS) is 11.5. The number of alkyl halides is 2. The Morgan fingerprint density at radius 2 is 1.66 bits per heavy atom. The number of benzene rings is 3. The van der Waals surface area contributed by atoms with Crippen LogP contribution in [0.4, 0.5) is 22.0 Å². The highest BCUT2D eigenvalue weighted by atomic mass is 32.1. The molecular formula is C23H14F5NO2S. The maximum atomic E-state index is 14.5. The number of ether oxygens (including phenoxy) is 2. The lowest BCUT2D eigenvalue weighted by molar-refractivity contribution is -0.185. The third-order valence-electron chi connectivity index (χ3n) is 4.49. The van der Waals surface area contributed by atoms with Crippen molar-refractivity contribution in [1.82, 2.24) is 4.98 Å². The lowest BCUT2D eigenvalue weighted by Gasteiger charge is -2.18. The van der Waals surface area contributed by atoms with Gasteiger partial charge in [0.25, 0.3) is 0 Å². The van der Waals surface area contributed by atoms with Crippen molar-refractivity contribution in [3.05, 3.63) is 96.0 Å². The van der Waals surface area contributed by atoms with Crippen LogP contribution in [0.25, 0.3) is 20.8 Å². The number of thiazole rings is 1. The van der Waals surface area contributed by atoms with Crippen LogP contribution >= 0.6 is 11.3 Å². The third kappa shape index (κ3) is 4.43. The Hall–Kier alpha value is -3.46. The molecule has 4 aromatic rings. The van der Waals surface area contributed by atoms with E-state index in [1.54, 1.807) is 0 Å². The highest BCUT2D eigenvalue weighted by molar-refractivity contribution is 7.21. The molecule has 32 heavy (non-hydrogen) atoms. The van der Waals surface area contributed by atoms with Gasteiger partial charge in [-0.15, -0.1) is 11.3 Å². The summed E-state index contributed by atoms with van der Waals surface area (Å²) in [7, 11) is 0.